The number of benzene rings is 2. The Morgan fingerprint density at radius 3 is 2.50 bits per heavy atom. The van der Waals surface area contributed by atoms with Crippen molar-refractivity contribution in [3.8, 4) is 11.5 Å². The van der Waals surface area contributed by atoms with E-state index in [0.717, 1.165) is 5.56 Å². The number of hydrogen-bond donors (Lipinski definition) is 6. The van der Waals surface area contributed by atoms with Gasteiger partial charge in [-0.15, -0.1) is 0 Å². The van der Waals surface area contributed by atoms with Crippen LogP contribution in [0.2, 0.25) is 0 Å². The number of nitrogens with two attached hydrogens (primary N) is 1. The maximum Gasteiger partial charge on any atom is 0.255 e. The van der Waals surface area contributed by atoms with Gasteiger partial charge in [-0.25, -0.2) is 0 Å². The molecule has 12 nitrogen and oxygen atoms in total. The highest BCUT2D eigenvalue weighted by Crippen LogP contribution is 2.54. The van der Waals surface area contributed by atoms with Gasteiger partial charge >= 0.3 is 0 Å². The molecular formula is C30H35N3O9. The average molecular weight is 582 g/mol. The molecule has 0 bridgehead atoms. The second kappa shape index (κ2) is 10.7. The zero-order valence-electron chi connectivity index (χ0n) is 23.9. The molecule has 1 amide bonds. The number of aromatic hydroxyl groups is 1. The Hall–Kier alpha value is -3.97. The van der Waals surface area contributed by atoms with Gasteiger partial charge in [-0.3, -0.25) is 19.3 Å². The summed E-state index contributed by atoms with van der Waals surface area (Å²) in [6.07, 6.45) is 0.140. The number of phenols is 1. The number of ketones is 2. The van der Waals surface area contributed by atoms with E-state index in [1.54, 1.807) is 27.3 Å². The summed E-state index contributed by atoms with van der Waals surface area (Å²) in [5.41, 5.74) is 2.82. The number of allylic oxidation sites excluding steroid dienone is 1. The number of ether oxygens (including phenoxy) is 2. The second-order valence-corrected chi connectivity index (χ2v) is 11.2. The van der Waals surface area contributed by atoms with Gasteiger partial charge in [-0.2, -0.15) is 0 Å². The molecule has 4 atom stereocenters. The van der Waals surface area contributed by atoms with E-state index < -0.39 is 58.0 Å². The minimum Gasteiger partial charge on any atom is -0.510 e. The molecule has 0 fully saturated rings. The first kappa shape index (κ1) is 29.5. The minimum absolute atomic E-state index is 0.000202. The van der Waals surface area contributed by atoms with Crippen molar-refractivity contribution in [2.45, 2.75) is 31.0 Å². The lowest BCUT2D eigenvalue weighted by atomic mass is 9.58. The molecule has 7 N–H and O–H groups in total. The number of Topliss-reactive ketones (excluding diaryl/α,β-unsaturated/α-hetero) is 2. The van der Waals surface area contributed by atoms with Gasteiger partial charge in [0.1, 0.15) is 28.6 Å². The van der Waals surface area contributed by atoms with Crippen molar-refractivity contribution in [2.75, 3.05) is 41.5 Å². The molecular weight excluding hydrogens is 546 g/mol. The van der Waals surface area contributed by atoms with Crippen LogP contribution in [0.4, 0.5) is 0 Å². The Morgan fingerprint density at radius 2 is 1.88 bits per heavy atom. The lowest BCUT2D eigenvalue weighted by molar-refractivity contribution is -0.148. The number of nitrogens with one attached hydrogen (secondary N) is 1. The zero-order valence-corrected chi connectivity index (χ0v) is 23.9. The number of phenolic OH excluding ortho intramolecular Hbond substituents is 1. The zero-order chi connectivity index (χ0) is 30.7. The third-order valence-corrected chi connectivity index (χ3v) is 8.73. The molecule has 2 aromatic carbocycles. The highest BCUT2D eigenvalue weighted by atomic mass is 16.5. The van der Waals surface area contributed by atoms with Gasteiger partial charge in [0.15, 0.2) is 11.4 Å². The predicted molar refractivity (Wildman–Crippen MR) is 151 cm³/mol. The summed E-state index contributed by atoms with van der Waals surface area (Å²) >= 11 is 0. The first-order chi connectivity index (χ1) is 19.9. The fraction of sp³-hybridized carbons (Fsp3) is 0.433. The van der Waals surface area contributed by atoms with Crippen LogP contribution in [0, 0.1) is 11.8 Å². The Morgan fingerprint density at radius 1 is 1.17 bits per heavy atom. The number of carbonyl (C=O) groups is 3. The van der Waals surface area contributed by atoms with E-state index >= 15 is 0 Å². The summed E-state index contributed by atoms with van der Waals surface area (Å²) in [7, 11) is 6.24. The van der Waals surface area contributed by atoms with Crippen molar-refractivity contribution < 1.29 is 44.3 Å². The molecule has 0 spiro atoms. The van der Waals surface area contributed by atoms with Crippen LogP contribution < -0.4 is 15.8 Å². The van der Waals surface area contributed by atoms with E-state index in [-0.39, 0.29) is 29.7 Å². The van der Waals surface area contributed by atoms with Crippen LogP contribution in [0.25, 0.3) is 10.8 Å². The third kappa shape index (κ3) is 4.17. The molecule has 3 aliphatic carbocycles. The van der Waals surface area contributed by atoms with Gasteiger partial charge < -0.3 is 41.0 Å². The average Bonchev–Trinajstić information content (AvgIpc) is 2.93. The van der Waals surface area contributed by atoms with E-state index in [4.69, 9.17) is 15.2 Å². The van der Waals surface area contributed by atoms with E-state index in [9.17, 15) is 34.8 Å². The second-order valence-electron chi connectivity index (χ2n) is 11.2. The molecule has 224 valence electrons. The van der Waals surface area contributed by atoms with Crippen LogP contribution in [-0.2, 0) is 27.3 Å². The quantitative estimate of drug-likeness (QED) is 0.193. The van der Waals surface area contributed by atoms with Gasteiger partial charge in [0.25, 0.3) is 5.91 Å². The lowest BCUT2D eigenvalue weighted by Gasteiger charge is -2.50. The number of fused-ring (bicyclic) bond motifs is 4. The van der Waals surface area contributed by atoms with E-state index in [2.05, 4.69) is 5.32 Å². The van der Waals surface area contributed by atoms with Crippen LogP contribution in [0.5, 0.6) is 11.5 Å². The number of likely N-dealkylation sites (N-methyl/N-ethyl adjacent to an activating group) is 1. The van der Waals surface area contributed by atoms with E-state index in [0.29, 0.717) is 41.8 Å². The minimum atomic E-state index is -2.69. The maximum absolute atomic E-state index is 14.1. The molecule has 0 aliphatic heterocycles. The topological polar surface area (TPSA) is 192 Å². The number of rotatable bonds is 8. The normalized spacial score (nSPS) is 25.5. The molecule has 0 saturated carbocycles. The molecule has 3 aliphatic rings. The Bertz CT molecular complexity index is 1580. The Balaban J connectivity index is 1.68. The molecule has 5 rings (SSSR count). The number of hydrogen-bond acceptors (Lipinski definition) is 11. The number of nitrogens with zero attached hydrogens (tertiary/aromatic N) is 1. The van der Waals surface area contributed by atoms with Crippen molar-refractivity contribution in [1.82, 2.24) is 10.2 Å². The fourth-order valence-corrected chi connectivity index (χ4v) is 6.88. The van der Waals surface area contributed by atoms with Gasteiger partial charge in [0, 0.05) is 48.0 Å². The predicted octanol–water partition coefficient (Wildman–Crippen LogP) is 1.02. The first-order valence-electron chi connectivity index (χ1n) is 13.6. The van der Waals surface area contributed by atoms with Crippen LogP contribution in [-0.4, -0.2) is 95.9 Å². The molecule has 0 saturated heterocycles. The smallest absolute Gasteiger partial charge is 0.255 e. The fourth-order valence-electron chi connectivity index (χ4n) is 6.88. The number of primary amides is 1. The third-order valence-electron chi connectivity index (χ3n) is 8.73. The van der Waals surface area contributed by atoms with Crippen LogP contribution >= 0.6 is 0 Å². The van der Waals surface area contributed by atoms with Gasteiger partial charge in [0.05, 0.1) is 25.3 Å². The summed E-state index contributed by atoms with van der Waals surface area (Å²) in [5, 5.41) is 49.8. The van der Waals surface area contributed by atoms with Crippen LogP contribution in [0.3, 0.4) is 0 Å². The first-order valence-corrected chi connectivity index (χ1v) is 13.6. The van der Waals surface area contributed by atoms with Gasteiger partial charge in [-0.05, 0) is 44.5 Å². The Kier molecular flexibility index (Phi) is 7.52. The van der Waals surface area contributed by atoms with Crippen molar-refractivity contribution in [1.29, 1.82) is 0 Å². The molecule has 0 heterocycles. The summed E-state index contributed by atoms with van der Waals surface area (Å²) in [4.78, 5) is 41.3. The maximum atomic E-state index is 14.1. The number of carbonyl (C=O) groups excluding carboxylic acids is 3. The molecule has 2 aromatic rings. The van der Waals surface area contributed by atoms with Crippen molar-refractivity contribution in [3.05, 3.63) is 57.6 Å². The lowest BCUT2D eigenvalue weighted by Crippen LogP contribution is -2.63. The van der Waals surface area contributed by atoms with E-state index in [1.807, 2.05) is 12.1 Å². The number of aliphatic hydroxyl groups is 3. The highest BCUT2D eigenvalue weighted by molar-refractivity contribution is 6.25. The van der Waals surface area contributed by atoms with Crippen molar-refractivity contribution in [3.63, 3.8) is 0 Å². The molecule has 0 radical (unpaired) electrons. The van der Waals surface area contributed by atoms with Crippen LogP contribution in [0.1, 0.15) is 27.9 Å². The highest BCUT2D eigenvalue weighted by Gasteiger charge is 2.63. The number of amides is 1. The summed E-state index contributed by atoms with van der Waals surface area (Å²) in [6, 6.07) is 4.38. The van der Waals surface area contributed by atoms with Crippen LogP contribution in [0.15, 0.2) is 40.9 Å². The number of methoxy groups -OCH3 is 2. The van der Waals surface area contributed by atoms with Gasteiger partial charge in [0.2, 0.25) is 5.78 Å². The summed E-state index contributed by atoms with van der Waals surface area (Å²) in [5.74, 6) is -6.53. The monoisotopic (exact) mass is 581 g/mol. The van der Waals surface area contributed by atoms with E-state index in [1.165, 1.54) is 12.0 Å². The molecule has 0 aromatic heterocycles. The summed E-state index contributed by atoms with van der Waals surface area (Å²) < 4.78 is 10.8. The SMILES string of the molecule is COCCNCc1ccc2c(OC)c3c(c(O)c2c1)C(=O)C1=C(O)[C@]2(O)C(=O)C(C(N)=O)=C(O)[C@@H](N(C)C)[C@@H]2C[C@@H]1C3. The van der Waals surface area contributed by atoms with Crippen molar-refractivity contribution in [2.24, 2.45) is 17.6 Å². The molecule has 12 heteroatoms. The van der Waals surface area contributed by atoms with Gasteiger partial charge in [-0.1, -0.05) is 12.1 Å². The Labute approximate surface area is 242 Å². The summed E-state index contributed by atoms with van der Waals surface area (Å²) in [6.45, 7) is 1.62. The molecule has 42 heavy (non-hydrogen) atoms. The number of aliphatic hydroxyl groups excluding tert-OH is 2. The largest absolute Gasteiger partial charge is 0.510 e. The van der Waals surface area contributed by atoms with Crippen molar-refractivity contribution >= 4 is 28.2 Å². The molecule has 0 unspecified atom stereocenters. The standard InChI is InChI=1S/C30H35N3O9/c1-33(2)22-18-11-14-10-17-20(24(35)19(14)27(37)30(18,40)28(38)21(25(22)36)29(31)39)23(34)16-9-13(12-32-7-8-41-3)5-6-15(16)26(17)42-4/h5-6,9,14,18,22,32,34,36-37,40H,7-8,10-12H2,1-4H3,(H2,31,39)/t14-,18-,22-,30-/m0/s1.